The number of Topliss-reactive ketones (excluding diaryl/α,β-unsaturated/α-hetero) is 1. The Hall–Kier alpha value is -1.09. The summed E-state index contributed by atoms with van der Waals surface area (Å²) in [4.78, 5) is 14.6. The van der Waals surface area contributed by atoms with Crippen molar-refractivity contribution in [1.29, 1.82) is 0 Å². The highest BCUT2D eigenvalue weighted by atomic mass is 16.1. The Morgan fingerprint density at radius 3 is 2.95 bits per heavy atom. The lowest BCUT2D eigenvalue weighted by Crippen LogP contribution is -2.33. The Bertz CT molecular complexity index is 489. The van der Waals surface area contributed by atoms with E-state index in [-0.39, 0.29) is 0 Å². The molecular formula is C16H24N2O. The van der Waals surface area contributed by atoms with E-state index in [0.29, 0.717) is 11.8 Å². The van der Waals surface area contributed by atoms with Crippen molar-refractivity contribution in [2.45, 2.75) is 58.5 Å². The number of carbonyl (C=O) groups excluding carboxylic acids is 1. The first-order chi connectivity index (χ1) is 9.20. The van der Waals surface area contributed by atoms with Gasteiger partial charge in [-0.05, 0) is 51.8 Å². The topological polar surface area (TPSA) is 25.2 Å². The maximum absolute atomic E-state index is 12.0. The lowest BCUT2D eigenvalue weighted by atomic mass is 9.96. The molecule has 1 unspecified atom stereocenters. The summed E-state index contributed by atoms with van der Waals surface area (Å²) >= 11 is 0. The van der Waals surface area contributed by atoms with Gasteiger partial charge in [-0.2, -0.15) is 0 Å². The van der Waals surface area contributed by atoms with Crippen LogP contribution in [0.1, 0.15) is 54.4 Å². The van der Waals surface area contributed by atoms with Crippen molar-refractivity contribution in [1.82, 2.24) is 9.47 Å². The highest BCUT2D eigenvalue weighted by Gasteiger charge is 2.27. The van der Waals surface area contributed by atoms with Gasteiger partial charge in [0.15, 0.2) is 5.78 Å². The van der Waals surface area contributed by atoms with Gasteiger partial charge in [-0.1, -0.05) is 6.92 Å². The normalized spacial score (nSPS) is 23.9. The largest absolute Gasteiger partial charge is 0.347 e. The van der Waals surface area contributed by atoms with Crippen LogP contribution in [0.15, 0.2) is 6.07 Å². The van der Waals surface area contributed by atoms with Gasteiger partial charge in [0.2, 0.25) is 0 Å². The van der Waals surface area contributed by atoms with Crippen LogP contribution in [0, 0.1) is 6.92 Å². The molecule has 19 heavy (non-hydrogen) atoms. The molecule has 1 aromatic rings. The maximum atomic E-state index is 12.0. The highest BCUT2D eigenvalue weighted by molar-refractivity contribution is 5.98. The predicted octanol–water partition coefficient (Wildman–Crippen LogP) is 2.80. The smallest absolute Gasteiger partial charge is 0.164 e. The van der Waals surface area contributed by atoms with Gasteiger partial charge >= 0.3 is 0 Å². The average Bonchev–Trinajstić information content (AvgIpc) is 2.97. The molecule has 3 nitrogen and oxygen atoms in total. The molecule has 3 heteroatoms. The Morgan fingerprint density at radius 2 is 2.16 bits per heavy atom. The SMILES string of the molecule is CCN1CCCC1Cn1c(C)cc2c1CCCC2=O. The van der Waals surface area contributed by atoms with Crippen LogP contribution in [0.25, 0.3) is 0 Å². The van der Waals surface area contributed by atoms with Gasteiger partial charge in [-0.15, -0.1) is 0 Å². The molecule has 1 fully saturated rings. The van der Waals surface area contributed by atoms with E-state index in [1.165, 1.54) is 30.8 Å². The van der Waals surface area contributed by atoms with Crippen molar-refractivity contribution in [3.63, 3.8) is 0 Å². The fraction of sp³-hybridized carbons (Fsp3) is 0.688. The van der Waals surface area contributed by atoms with Gasteiger partial charge < -0.3 is 4.57 Å². The predicted molar refractivity (Wildman–Crippen MR) is 76.7 cm³/mol. The standard InChI is InChI=1S/C16H24N2O/c1-3-17-9-5-6-13(17)11-18-12(2)10-14-15(18)7-4-8-16(14)19/h10,13H,3-9,11H2,1-2H3. The number of ketones is 1. The summed E-state index contributed by atoms with van der Waals surface area (Å²) in [5.41, 5.74) is 3.57. The van der Waals surface area contributed by atoms with Crippen LogP contribution in [0.3, 0.4) is 0 Å². The minimum atomic E-state index is 0.349. The molecular weight excluding hydrogens is 236 g/mol. The molecule has 0 N–H and O–H groups in total. The third kappa shape index (κ3) is 2.25. The fourth-order valence-corrected chi connectivity index (χ4v) is 3.77. The summed E-state index contributed by atoms with van der Waals surface area (Å²) in [5.74, 6) is 0.349. The summed E-state index contributed by atoms with van der Waals surface area (Å²) < 4.78 is 2.42. The second-order valence-corrected chi connectivity index (χ2v) is 5.96. The Balaban J connectivity index is 1.87. The number of aromatic nitrogens is 1. The molecule has 0 spiro atoms. The van der Waals surface area contributed by atoms with Gasteiger partial charge in [0.25, 0.3) is 0 Å². The number of nitrogens with zero attached hydrogens (tertiary/aromatic N) is 2. The molecule has 104 valence electrons. The van der Waals surface area contributed by atoms with E-state index in [9.17, 15) is 4.79 Å². The molecule has 0 bridgehead atoms. The van der Waals surface area contributed by atoms with Crippen LogP contribution < -0.4 is 0 Å². The van der Waals surface area contributed by atoms with Crippen LogP contribution in [-0.2, 0) is 13.0 Å². The second kappa shape index (κ2) is 5.12. The molecule has 0 saturated carbocycles. The Morgan fingerprint density at radius 1 is 1.32 bits per heavy atom. The van der Waals surface area contributed by atoms with Crippen molar-refractivity contribution in [2.24, 2.45) is 0 Å². The van der Waals surface area contributed by atoms with Gasteiger partial charge in [-0.3, -0.25) is 9.69 Å². The number of likely N-dealkylation sites (tertiary alicyclic amines) is 1. The zero-order chi connectivity index (χ0) is 13.4. The molecule has 0 aromatic carbocycles. The number of rotatable bonds is 3. The van der Waals surface area contributed by atoms with E-state index in [1.807, 2.05) is 0 Å². The van der Waals surface area contributed by atoms with Crippen molar-refractivity contribution in [2.75, 3.05) is 13.1 Å². The third-order valence-corrected chi connectivity index (χ3v) is 4.83. The summed E-state index contributed by atoms with van der Waals surface area (Å²) in [6.45, 7) is 7.85. The summed E-state index contributed by atoms with van der Waals surface area (Å²) in [7, 11) is 0. The Kier molecular flexibility index (Phi) is 3.48. The van der Waals surface area contributed by atoms with Crippen molar-refractivity contribution in [3.05, 3.63) is 23.0 Å². The first kappa shape index (κ1) is 12.9. The monoisotopic (exact) mass is 260 g/mol. The minimum Gasteiger partial charge on any atom is -0.347 e. The second-order valence-electron chi connectivity index (χ2n) is 5.96. The molecule has 1 aliphatic carbocycles. The van der Waals surface area contributed by atoms with Crippen LogP contribution in [0.2, 0.25) is 0 Å². The van der Waals surface area contributed by atoms with Gasteiger partial charge in [0, 0.05) is 36.0 Å². The minimum absolute atomic E-state index is 0.349. The number of fused-ring (bicyclic) bond motifs is 1. The van der Waals surface area contributed by atoms with E-state index in [4.69, 9.17) is 0 Å². The maximum Gasteiger partial charge on any atom is 0.164 e. The van der Waals surface area contributed by atoms with Gasteiger partial charge in [-0.25, -0.2) is 0 Å². The van der Waals surface area contributed by atoms with Crippen LogP contribution in [-0.4, -0.2) is 34.4 Å². The molecule has 0 amide bonds. The van der Waals surface area contributed by atoms with E-state index in [0.717, 1.165) is 37.9 Å². The fourth-order valence-electron chi connectivity index (χ4n) is 3.77. The highest BCUT2D eigenvalue weighted by Crippen LogP contribution is 2.27. The van der Waals surface area contributed by atoms with Crippen LogP contribution >= 0.6 is 0 Å². The first-order valence-electron chi connectivity index (χ1n) is 7.67. The molecule has 1 aromatic heterocycles. The summed E-state index contributed by atoms with van der Waals surface area (Å²) in [5, 5.41) is 0. The zero-order valence-corrected chi connectivity index (χ0v) is 12.1. The molecule has 0 radical (unpaired) electrons. The number of likely N-dealkylation sites (N-methyl/N-ethyl adjacent to an activating group) is 1. The third-order valence-electron chi connectivity index (χ3n) is 4.83. The molecule has 2 aliphatic rings. The number of hydrogen-bond donors (Lipinski definition) is 0. The van der Waals surface area contributed by atoms with E-state index in [1.54, 1.807) is 0 Å². The first-order valence-corrected chi connectivity index (χ1v) is 7.67. The van der Waals surface area contributed by atoms with Crippen molar-refractivity contribution in [3.8, 4) is 0 Å². The lowest BCUT2D eigenvalue weighted by Gasteiger charge is -2.25. The van der Waals surface area contributed by atoms with Crippen LogP contribution in [0.4, 0.5) is 0 Å². The quantitative estimate of drug-likeness (QED) is 0.835. The van der Waals surface area contributed by atoms with Crippen molar-refractivity contribution < 1.29 is 4.79 Å². The molecule has 1 aliphatic heterocycles. The number of aryl methyl sites for hydroxylation is 1. The average molecular weight is 260 g/mol. The van der Waals surface area contributed by atoms with Crippen molar-refractivity contribution >= 4 is 5.78 Å². The summed E-state index contributed by atoms with van der Waals surface area (Å²) in [6, 6.07) is 2.78. The number of hydrogen-bond acceptors (Lipinski definition) is 2. The molecule has 1 saturated heterocycles. The van der Waals surface area contributed by atoms with Crippen LogP contribution in [0.5, 0.6) is 0 Å². The zero-order valence-electron chi connectivity index (χ0n) is 12.1. The van der Waals surface area contributed by atoms with Gasteiger partial charge in [0.1, 0.15) is 0 Å². The van der Waals surface area contributed by atoms with E-state index < -0.39 is 0 Å². The van der Waals surface area contributed by atoms with E-state index in [2.05, 4.69) is 29.4 Å². The molecule has 1 atom stereocenters. The molecule has 3 rings (SSSR count). The molecule has 2 heterocycles. The van der Waals surface area contributed by atoms with E-state index >= 15 is 0 Å². The Labute approximate surface area is 115 Å². The lowest BCUT2D eigenvalue weighted by molar-refractivity contribution is 0.0971. The summed E-state index contributed by atoms with van der Waals surface area (Å²) in [6.07, 6.45) is 5.46. The van der Waals surface area contributed by atoms with Gasteiger partial charge in [0.05, 0.1) is 0 Å². The number of carbonyl (C=O) groups is 1.